The number of carbonyl (C=O) groups excluding carboxylic acids is 2. The van der Waals surface area contributed by atoms with Gasteiger partial charge in [-0.2, -0.15) is 0 Å². The van der Waals surface area contributed by atoms with Gasteiger partial charge in [-0.1, -0.05) is 0 Å². The van der Waals surface area contributed by atoms with Crippen molar-refractivity contribution in [3.8, 4) is 0 Å². The van der Waals surface area contributed by atoms with Crippen LogP contribution in [0, 0.1) is 11.8 Å². The van der Waals surface area contributed by atoms with Crippen molar-refractivity contribution >= 4 is 17.8 Å². The van der Waals surface area contributed by atoms with Crippen LogP contribution >= 0.6 is 0 Å². The third kappa shape index (κ3) is 3.49. The summed E-state index contributed by atoms with van der Waals surface area (Å²) in [6, 6.07) is -0.0312. The largest absolute Gasteiger partial charge is 0.481 e. The fourth-order valence-corrected chi connectivity index (χ4v) is 3.13. The zero-order valence-corrected chi connectivity index (χ0v) is 11.8. The normalized spacial score (nSPS) is 30.1. The predicted octanol–water partition coefficient (Wildman–Crippen LogP) is 0.614. The van der Waals surface area contributed by atoms with Crippen molar-refractivity contribution in [1.29, 1.82) is 0 Å². The van der Waals surface area contributed by atoms with Gasteiger partial charge in [-0.25, -0.2) is 0 Å². The summed E-state index contributed by atoms with van der Waals surface area (Å²) in [6.45, 7) is 2.73. The lowest BCUT2D eigenvalue weighted by Gasteiger charge is -2.31. The monoisotopic (exact) mass is 282 g/mol. The lowest BCUT2D eigenvalue weighted by atomic mass is 9.96. The summed E-state index contributed by atoms with van der Waals surface area (Å²) >= 11 is 0. The average molecular weight is 282 g/mol. The Hall–Kier alpha value is -1.59. The molecular formula is C14H22N2O4. The number of nitrogens with zero attached hydrogens (tertiary/aromatic N) is 1. The SMILES string of the molecule is CC(=O)N1CCCC(C(=O)NC2CCC(C(=O)O)C2)C1. The van der Waals surface area contributed by atoms with Gasteiger partial charge in [-0.15, -0.1) is 0 Å². The molecule has 0 radical (unpaired) electrons. The van der Waals surface area contributed by atoms with E-state index >= 15 is 0 Å². The first-order valence-corrected chi connectivity index (χ1v) is 7.26. The van der Waals surface area contributed by atoms with Crippen molar-refractivity contribution in [2.45, 2.75) is 45.1 Å². The quantitative estimate of drug-likeness (QED) is 0.794. The number of carboxylic acids is 1. The first-order valence-electron chi connectivity index (χ1n) is 7.26. The first kappa shape index (κ1) is 14.8. The number of likely N-dealkylation sites (tertiary alicyclic amines) is 1. The van der Waals surface area contributed by atoms with E-state index in [2.05, 4.69) is 5.32 Å². The van der Waals surface area contributed by atoms with Crippen molar-refractivity contribution in [1.82, 2.24) is 10.2 Å². The van der Waals surface area contributed by atoms with Crippen LogP contribution < -0.4 is 5.32 Å². The molecule has 1 saturated carbocycles. The van der Waals surface area contributed by atoms with Gasteiger partial charge in [0.2, 0.25) is 11.8 Å². The number of hydrogen-bond acceptors (Lipinski definition) is 3. The molecule has 0 aromatic heterocycles. The van der Waals surface area contributed by atoms with E-state index in [0.29, 0.717) is 19.4 Å². The molecule has 112 valence electrons. The Morgan fingerprint density at radius 3 is 2.50 bits per heavy atom. The maximum Gasteiger partial charge on any atom is 0.306 e. The van der Waals surface area contributed by atoms with Gasteiger partial charge in [0, 0.05) is 26.1 Å². The van der Waals surface area contributed by atoms with Crippen LogP contribution in [0.4, 0.5) is 0 Å². The molecule has 20 heavy (non-hydrogen) atoms. The van der Waals surface area contributed by atoms with E-state index in [4.69, 9.17) is 5.11 Å². The maximum atomic E-state index is 12.2. The minimum atomic E-state index is -0.776. The molecule has 0 aromatic rings. The van der Waals surface area contributed by atoms with Gasteiger partial charge in [0.05, 0.1) is 11.8 Å². The predicted molar refractivity (Wildman–Crippen MR) is 71.9 cm³/mol. The van der Waals surface area contributed by atoms with Crippen LogP contribution in [0.25, 0.3) is 0 Å². The first-order chi connectivity index (χ1) is 9.47. The number of hydrogen-bond donors (Lipinski definition) is 2. The summed E-state index contributed by atoms with van der Waals surface area (Å²) in [5, 5.41) is 11.9. The molecule has 2 aliphatic rings. The summed E-state index contributed by atoms with van der Waals surface area (Å²) < 4.78 is 0. The van der Waals surface area contributed by atoms with Gasteiger partial charge in [0.15, 0.2) is 0 Å². The number of piperidine rings is 1. The van der Waals surface area contributed by atoms with Gasteiger partial charge < -0.3 is 15.3 Å². The van der Waals surface area contributed by atoms with Crippen LogP contribution in [0.15, 0.2) is 0 Å². The van der Waals surface area contributed by atoms with Gasteiger partial charge in [-0.3, -0.25) is 14.4 Å². The molecule has 6 heteroatoms. The Labute approximate surface area is 118 Å². The van der Waals surface area contributed by atoms with E-state index < -0.39 is 5.97 Å². The lowest BCUT2D eigenvalue weighted by Crippen LogP contribution is -2.46. The molecule has 1 aliphatic heterocycles. The van der Waals surface area contributed by atoms with Crippen LogP contribution in [0.5, 0.6) is 0 Å². The molecule has 1 saturated heterocycles. The second-order valence-electron chi connectivity index (χ2n) is 5.86. The highest BCUT2D eigenvalue weighted by atomic mass is 16.4. The maximum absolute atomic E-state index is 12.2. The minimum Gasteiger partial charge on any atom is -0.481 e. The average Bonchev–Trinajstić information content (AvgIpc) is 2.87. The number of carboxylic acid groups (broad SMARTS) is 1. The molecule has 2 fully saturated rings. The number of nitrogens with one attached hydrogen (secondary N) is 1. The molecule has 3 atom stereocenters. The number of rotatable bonds is 3. The topological polar surface area (TPSA) is 86.7 Å². The molecule has 2 rings (SSSR count). The van der Waals surface area contributed by atoms with E-state index in [1.807, 2.05) is 0 Å². The molecule has 0 aromatic carbocycles. The molecule has 0 bridgehead atoms. The fraction of sp³-hybridized carbons (Fsp3) is 0.786. The van der Waals surface area contributed by atoms with E-state index in [1.54, 1.807) is 4.90 Å². The van der Waals surface area contributed by atoms with E-state index in [9.17, 15) is 14.4 Å². The summed E-state index contributed by atoms with van der Waals surface area (Å²) in [4.78, 5) is 36.2. The molecule has 2 N–H and O–H groups in total. The summed E-state index contributed by atoms with van der Waals surface area (Å²) in [5.41, 5.74) is 0. The van der Waals surface area contributed by atoms with Gasteiger partial charge in [-0.05, 0) is 32.1 Å². The van der Waals surface area contributed by atoms with E-state index in [-0.39, 0.29) is 29.7 Å². The summed E-state index contributed by atoms with van der Waals surface area (Å²) in [7, 11) is 0. The van der Waals surface area contributed by atoms with Crippen molar-refractivity contribution in [3.63, 3.8) is 0 Å². The van der Waals surface area contributed by atoms with Crippen molar-refractivity contribution in [2.24, 2.45) is 11.8 Å². The molecule has 2 amide bonds. The number of carbonyl (C=O) groups is 3. The Morgan fingerprint density at radius 1 is 1.15 bits per heavy atom. The van der Waals surface area contributed by atoms with Crippen LogP contribution in [0.1, 0.15) is 39.0 Å². The van der Waals surface area contributed by atoms with Crippen molar-refractivity contribution in [3.05, 3.63) is 0 Å². The van der Waals surface area contributed by atoms with E-state index in [1.165, 1.54) is 6.92 Å². The number of aliphatic carboxylic acids is 1. The Kier molecular flexibility index (Phi) is 4.62. The molecule has 1 aliphatic carbocycles. The summed E-state index contributed by atoms with van der Waals surface area (Å²) in [6.07, 6.45) is 3.52. The zero-order chi connectivity index (χ0) is 14.7. The third-order valence-electron chi connectivity index (χ3n) is 4.37. The highest BCUT2D eigenvalue weighted by Crippen LogP contribution is 2.26. The third-order valence-corrected chi connectivity index (χ3v) is 4.37. The molecule has 0 spiro atoms. The fourth-order valence-electron chi connectivity index (χ4n) is 3.13. The molecule has 6 nitrogen and oxygen atoms in total. The summed E-state index contributed by atoms with van der Waals surface area (Å²) in [5.74, 6) is -1.29. The van der Waals surface area contributed by atoms with Crippen molar-refractivity contribution in [2.75, 3.05) is 13.1 Å². The minimum absolute atomic E-state index is 0.00862. The second kappa shape index (κ2) is 6.24. The number of amides is 2. The van der Waals surface area contributed by atoms with Gasteiger partial charge in [0.1, 0.15) is 0 Å². The van der Waals surface area contributed by atoms with Crippen LogP contribution in [0.2, 0.25) is 0 Å². The van der Waals surface area contributed by atoms with Gasteiger partial charge in [0.25, 0.3) is 0 Å². The van der Waals surface area contributed by atoms with Gasteiger partial charge >= 0.3 is 5.97 Å². The van der Waals surface area contributed by atoms with Crippen LogP contribution in [-0.2, 0) is 14.4 Å². The molecular weight excluding hydrogens is 260 g/mol. The van der Waals surface area contributed by atoms with Crippen LogP contribution in [0.3, 0.4) is 0 Å². The lowest BCUT2D eigenvalue weighted by molar-refractivity contribution is -0.142. The smallest absolute Gasteiger partial charge is 0.306 e. The standard InChI is InChI=1S/C14H22N2O4/c1-9(17)16-6-2-3-11(8-16)13(18)15-12-5-4-10(7-12)14(19)20/h10-12H,2-8H2,1H3,(H,15,18)(H,19,20). The molecule has 3 unspecified atom stereocenters. The van der Waals surface area contributed by atoms with E-state index in [0.717, 1.165) is 25.8 Å². The Morgan fingerprint density at radius 2 is 1.90 bits per heavy atom. The van der Waals surface area contributed by atoms with Crippen molar-refractivity contribution < 1.29 is 19.5 Å². The Bertz CT molecular complexity index is 410. The highest BCUT2D eigenvalue weighted by Gasteiger charge is 2.33. The molecule has 1 heterocycles. The second-order valence-corrected chi connectivity index (χ2v) is 5.86. The Balaban J connectivity index is 1.83. The van der Waals surface area contributed by atoms with Crippen LogP contribution in [-0.4, -0.2) is 46.9 Å². The zero-order valence-electron chi connectivity index (χ0n) is 11.8. The highest BCUT2D eigenvalue weighted by molar-refractivity contribution is 5.81.